The van der Waals surface area contributed by atoms with Crippen LogP contribution in [0.5, 0.6) is 5.75 Å². The maximum atomic E-state index is 13.4. The van der Waals surface area contributed by atoms with Crippen molar-refractivity contribution in [2.24, 2.45) is 5.92 Å². The average molecular weight is 500 g/mol. The van der Waals surface area contributed by atoms with Crippen LogP contribution >= 0.6 is 0 Å². The number of carboxylic acid groups (broad SMARTS) is 1. The second-order valence-electron chi connectivity index (χ2n) is 9.52. The second-order valence-corrected chi connectivity index (χ2v) is 9.52. The van der Waals surface area contributed by atoms with Gasteiger partial charge < -0.3 is 25.4 Å². The van der Waals surface area contributed by atoms with Crippen LogP contribution in [0.25, 0.3) is 11.1 Å². The van der Waals surface area contributed by atoms with Crippen LogP contribution in [0.3, 0.4) is 0 Å². The average Bonchev–Trinajstić information content (AvgIpc) is 3.60. The zero-order chi connectivity index (χ0) is 26.0. The third-order valence-electron chi connectivity index (χ3n) is 6.64. The summed E-state index contributed by atoms with van der Waals surface area (Å²) in [5, 5.41) is 24.7. The lowest BCUT2D eigenvalue weighted by atomic mass is 9.97. The van der Waals surface area contributed by atoms with Crippen molar-refractivity contribution in [1.29, 1.82) is 5.26 Å². The Labute approximate surface area is 207 Å². The maximum Gasteiger partial charge on any atom is 0.405 e. The van der Waals surface area contributed by atoms with Crippen LogP contribution in [-0.4, -0.2) is 53.4 Å². The van der Waals surface area contributed by atoms with E-state index < -0.39 is 18.2 Å². The number of rotatable bonds is 8. The topological polar surface area (TPSA) is 128 Å². The molecule has 0 bridgehead atoms. The van der Waals surface area contributed by atoms with Crippen molar-refractivity contribution < 1.29 is 28.2 Å². The number of hydrogen-bond donors (Lipinski definition) is 3. The predicted molar refractivity (Wildman–Crippen MR) is 127 cm³/mol. The van der Waals surface area contributed by atoms with Gasteiger partial charge in [0, 0.05) is 30.9 Å². The van der Waals surface area contributed by atoms with Crippen molar-refractivity contribution in [1.82, 2.24) is 15.6 Å². The molecule has 1 aromatic carbocycles. The molecular weight excluding hydrogens is 472 g/mol. The van der Waals surface area contributed by atoms with Crippen molar-refractivity contribution in [3.05, 3.63) is 41.7 Å². The number of hydrogen-bond acceptors (Lipinski definition) is 6. The Balaban J connectivity index is 1.84. The lowest BCUT2D eigenvalue weighted by Gasteiger charge is -2.29. The fourth-order valence-electron chi connectivity index (χ4n) is 4.69. The zero-order valence-electron chi connectivity index (χ0n) is 19.9. The lowest BCUT2D eigenvalue weighted by molar-refractivity contribution is -0.0498. The molecule has 1 saturated heterocycles. The third-order valence-corrected chi connectivity index (χ3v) is 6.64. The number of nitriles is 1. The molecule has 11 heteroatoms. The molecule has 1 aromatic heterocycles. The summed E-state index contributed by atoms with van der Waals surface area (Å²) in [5.74, 6) is -0.0722. The van der Waals surface area contributed by atoms with E-state index in [4.69, 9.17) is 0 Å². The Hall–Kier alpha value is -3.94. The SMILES string of the molecule is C[C@H](NC(=O)c1cnc(C#N)c(-c2cccc(OC(F)F)c2)c1N1CCC(C)(NC(=O)O)C1)C1CC1. The Morgan fingerprint density at radius 1 is 1.36 bits per heavy atom. The molecular formula is C25H27F2N5O4. The molecule has 2 atom stereocenters. The van der Waals surface area contributed by atoms with Gasteiger partial charge in [0.15, 0.2) is 0 Å². The van der Waals surface area contributed by atoms with Gasteiger partial charge in [-0.1, -0.05) is 12.1 Å². The maximum absolute atomic E-state index is 13.4. The van der Waals surface area contributed by atoms with Crippen LogP contribution in [0.15, 0.2) is 30.5 Å². The molecule has 3 N–H and O–H groups in total. The Morgan fingerprint density at radius 3 is 2.75 bits per heavy atom. The normalized spacial score (nSPS) is 20.1. The molecule has 2 aliphatic rings. The highest BCUT2D eigenvalue weighted by Crippen LogP contribution is 2.41. The second kappa shape index (κ2) is 9.97. The molecule has 2 aromatic rings. The largest absolute Gasteiger partial charge is 0.465 e. The first kappa shape index (κ1) is 25.2. The third kappa shape index (κ3) is 5.48. The molecule has 1 aliphatic carbocycles. The van der Waals surface area contributed by atoms with Gasteiger partial charge in [0.1, 0.15) is 17.5 Å². The van der Waals surface area contributed by atoms with Crippen molar-refractivity contribution in [3.8, 4) is 22.9 Å². The number of carbonyl (C=O) groups excluding carboxylic acids is 1. The number of pyridine rings is 1. The summed E-state index contributed by atoms with van der Waals surface area (Å²) in [6.07, 6.45) is 2.70. The molecule has 0 radical (unpaired) electrons. The van der Waals surface area contributed by atoms with Crippen molar-refractivity contribution in [3.63, 3.8) is 0 Å². The minimum atomic E-state index is -3.03. The quantitative estimate of drug-likeness (QED) is 0.501. The Morgan fingerprint density at radius 2 is 2.11 bits per heavy atom. The number of nitrogens with zero attached hydrogens (tertiary/aromatic N) is 3. The molecule has 36 heavy (non-hydrogen) atoms. The van der Waals surface area contributed by atoms with Gasteiger partial charge in [-0.3, -0.25) is 4.79 Å². The van der Waals surface area contributed by atoms with Gasteiger partial charge >= 0.3 is 12.7 Å². The summed E-state index contributed by atoms with van der Waals surface area (Å²) in [5.41, 5.74) is 0.490. The van der Waals surface area contributed by atoms with E-state index in [1.807, 2.05) is 17.9 Å². The number of halogens is 2. The van der Waals surface area contributed by atoms with Gasteiger partial charge in [0.05, 0.1) is 16.8 Å². The van der Waals surface area contributed by atoms with Crippen LogP contribution in [0.2, 0.25) is 0 Å². The minimum Gasteiger partial charge on any atom is -0.465 e. The first-order chi connectivity index (χ1) is 17.1. The molecule has 2 fully saturated rings. The van der Waals surface area contributed by atoms with Crippen LogP contribution < -0.4 is 20.3 Å². The van der Waals surface area contributed by atoms with E-state index in [-0.39, 0.29) is 35.5 Å². The number of benzene rings is 1. The molecule has 9 nitrogen and oxygen atoms in total. The lowest BCUT2D eigenvalue weighted by Crippen LogP contribution is -2.47. The number of amides is 2. The molecule has 2 amide bonds. The molecule has 0 spiro atoms. The van der Waals surface area contributed by atoms with Crippen LogP contribution in [0.4, 0.5) is 19.3 Å². The highest BCUT2D eigenvalue weighted by atomic mass is 19.3. The van der Waals surface area contributed by atoms with Gasteiger partial charge in [-0.2, -0.15) is 14.0 Å². The molecule has 1 aliphatic heterocycles. The number of carbonyl (C=O) groups is 2. The van der Waals surface area contributed by atoms with Crippen LogP contribution in [0.1, 0.15) is 49.2 Å². The zero-order valence-corrected chi connectivity index (χ0v) is 19.9. The monoisotopic (exact) mass is 499 g/mol. The van der Waals surface area contributed by atoms with E-state index in [9.17, 15) is 28.7 Å². The number of anilines is 1. The smallest absolute Gasteiger partial charge is 0.405 e. The summed E-state index contributed by atoms with van der Waals surface area (Å²) >= 11 is 0. The van der Waals surface area contributed by atoms with E-state index >= 15 is 0 Å². The predicted octanol–water partition coefficient (Wildman–Crippen LogP) is 3.99. The van der Waals surface area contributed by atoms with E-state index in [2.05, 4.69) is 20.4 Å². The summed E-state index contributed by atoms with van der Waals surface area (Å²) < 4.78 is 30.3. The van der Waals surface area contributed by atoms with Gasteiger partial charge in [-0.25, -0.2) is 9.78 Å². The van der Waals surface area contributed by atoms with E-state index in [1.54, 1.807) is 13.0 Å². The van der Waals surface area contributed by atoms with Crippen molar-refractivity contribution in [2.45, 2.75) is 51.3 Å². The van der Waals surface area contributed by atoms with E-state index in [0.29, 0.717) is 35.7 Å². The van der Waals surface area contributed by atoms with E-state index in [1.165, 1.54) is 24.4 Å². The van der Waals surface area contributed by atoms with Gasteiger partial charge in [0.25, 0.3) is 5.91 Å². The summed E-state index contributed by atoms with van der Waals surface area (Å²) in [6, 6.07) is 7.86. The number of nitrogens with one attached hydrogen (secondary N) is 2. The summed E-state index contributed by atoms with van der Waals surface area (Å²) in [4.78, 5) is 30.8. The minimum absolute atomic E-state index is 0.00536. The fourth-order valence-corrected chi connectivity index (χ4v) is 4.69. The number of ether oxygens (including phenoxy) is 1. The highest BCUT2D eigenvalue weighted by Gasteiger charge is 2.39. The molecule has 1 saturated carbocycles. The fraction of sp³-hybridized carbons (Fsp3) is 0.440. The highest BCUT2D eigenvalue weighted by molar-refractivity contribution is 6.04. The molecule has 190 valence electrons. The van der Waals surface area contributed by atoms with Crippen LogP contribution in [-0.2, 0) is 0 Å². The first-order valence-corrected chi connectivity index (χ1v) is 11.7. The standard InChI is InChI=1S/C25H27F2N5O4/c1-14(15-6-7-15)30-22(33)18-12-29-19(11-28)20(16-4-3-5-17(10-16)36-23(26)27)21(18)32-9-8-25(2,13-32)31-24(34)35/h3-5,10,12,14-15,23,31H,6-9,13H2,1-2H3,(H,30,33)(H,34,35)/t14-,25?/m0/s1. The first-order valence-electron chi connectivity index (χ1n) is 11.7. The van der Waals surface area contributed by atoms with Crippen LogP contribution in [0, 0.1) is 17.2 Å². The molecule has 4 rings (SSSR count). The van der Waals surface area contributed by atoms with Crippen molar-refractivity contribution >= 4 is 17.7 Å². The number of alkyl halides is 2. The van der Waals surface area contributed by atoms with Crippen molar-refractivity contribution in [2.75, 3.05) is 18.0 Å². The van der Waals surface area contributed by atoms with E-state index in [0.717, 1.165) is 12.8 Å². The molecule has 1 unspecified atom stereocenters. The van der Waals surface area contributed by atoms with Gasteiger partial charge in [-0.15, -0.1) is 0 Å². The summed E-state index contributed by atoms with van der Waals surface area (Å²) in [6.45, 7) is 1.29. The molecule has 2 heterocycles. The summed E-state index contributed by atoms with van der Waals surface area (Å²) in [7, 11) is 0. The van der Waals surface area contributed by atoms with Gasteiger partial charge in [-0.05, 0) is 56.7 Å². The van der Waals surface area contributed by atoms with Gasteiger partial charge in [0.2, 0.25) is 0 Å². The Bertz CT molecular complexity index is 1210. The number of aromatic nitrogens is 1. The Kier molecular flexibility index (Phi) is 6.97.